The van der Waals surface area contributed by atoms with E-state index in [1.54, 1.807) is 0 Å². The zero-order chi connectivity index (χ0) is 55.5. The zero-order valence-electron chi connectivity index (χ0n) is 51.2. The first-order valence-corrected chi connectivity index (χ1v) is 33.6. The van der Waals surface area contributed by atoms with Crippen LogP contribution in [-0.2, 0) is 19.1 Å². The van der Waals surface area contributed by atoms with Gasteiger partial charge in [0.2, 0.25) is 0 Å². The second kappa shape index (κ2) is 67.4. The van der Waals surface area contributed by atoms with Crippen LogP contribution in [0.2, 0.25) is 0 Å². The summed E-state index contributed by atoms with van der Waals surface area (Å²) in [6, 6.07) is 0. The maximum atomic E-state index is 12.4. The van der Waals surface area contributed by atoms with Crippen molar-refractivity contribution in [3.05, 3.63) is 85.1 Å². The van der Waals surface area contributed by atoms with Gasteiger partial charge in [-0.2, -0.15) is 0 Å². The molecule has 0 aromatic heterocycles. The van der Waals surface area contributed by atoms with Gasteiger partial charge in [-0.05, 0) is 70.6 Å². The van der Waals surface area contributed by atoms with E-state index >= 15 is 0 Å². The Morgan fingerprint density at radius 1 is 0.312 bits per heavy atom. The van der Waals surface area contributed by atoms with E-state index in [1.807, 2.05) is 0 Å². The van der Waals surface area contributed by atoms with Gasteiger partial charge in [-0.15, -0.1) is 0 Å². The normalized spacial score (nSPS) is 12.7. The van der Waals surface area contributed by atoms with Gasteiger partial charge in [0.05, 0.1) is 6.61 Å². The quantitative estimate of drug-likeness (QED) is 0.0373. The van der Waals surface area contributed by atoms with Crippen molar-refractivity contribution in [3.63, 3.8) is 0 Å². The van der Waals surface area contributed by atoms with Gasteiger partial charge in [0.25, 0.3) is 0 Å². The van der Waals surface area contributed by atoms with E-state index < -0.39 is 6.10 Å². The Labute approximate surface area is 479 Å². The summed E-state index contributed by atoms with van der Waals surface area (Å²) in [6.45, 7) is 4.06. The second-order valence-electron chi connectivity index (χ2n) is 22.5. The van der Waals surface area contributed by atoms with Gasteiger partial charge in [-0.3, -0.25) is 9.59 Å². The smallest absolute Gasteiger partial charge is 0.306 e. The molecule has 77 heavy (non-hydrogen) atoms. The Morgan fingerprint density at radius 2 is 0.558 bits per heavy atom. The number of aliphatic hydroxyl groups is 1. The number of unbranched alkanes of at least 4 members (excludes halogenated alkanes) is 40. The van der Waals surface area contributed by atoms with Crippen molar-refractivity contribution in [2.24, 2.45) is 0 Å². The van der Waals surface area contributed by atoms with Crippen LogP contribution in [0.25, 0.3) is 0 Å². The Hall–Kier alpha value is -2.92. The fourth-order valence-corrected chi connectivity index (χ4v) is 9.95. The first-order chi connectivity index (χ1) is 38.1. The summed E-state index contributed by atoms with van der Waals surface area (Å²) in [5.74, 6) is -0.586. The maximum Gasteiger partial charge on any atom is 0.306 e. The number of carbonyl (C=O) groups excluding carboxylic acids is 2. The molecule has 0 aliphatic rings. The molecule has 0 bridgehead atoms. The van der Waals surface area contributed by atoms with Gasteiger partial charge in [-0.1, -0.05) is 343 Å². The predicted molar refractivity (Wildman–Crippen MR) is 339 cm³/mol. The molecule has 5 nitrogen and oxygen atoms in total. The van der Waals surface area contributed by atoms with Crippen LogP contribution in [0.1, 0.15) is 341 Å². The topological polar surface area (TPSA) is 72.8 Å². The van der Waals surface area contributed by atoms with Crippen LogP contribution < -0.4 is 0 Å². The molecule has 0 amide bonds. The van der Waals surface area contributed by atoms with Crippen molar-refractivity contribution in [2.75, 3.05) is 13.2 Å². The SMILES string of the molecule is CC/C=C\C/C=C\C/C=C\C/C=C\C/C=C\C/C=C\C/C=C\CCCCCCCCCCCC(=O)OC(CO)COC(=O)CCCCCCCCCCCCCCCCCCCCCCCCCCCCCCCCCC. The summed E-state index contributed by atoms with van der Waals surface area (Å²) in [6.07, 6.45) is 94.6. The van der Waals surface area contributed by atoms with E-state index in [-0.39, 0.29) is 25.2 Å². The van der Waals surface area contributed by atoms with Crippen LogP contribution in [0.15, 0.2) is 85.1 Å². The maximum absolute atomic E-state index is 12.4. The molecule has 0 fully saturated rings. The average molecular weight is 1070 g/mol. The van der Waals surface area contributed by atoms with E-state index in [1.165, 1.54) is 225 Å². The van der Waals surface area contributed by atoms with Gasteiger partial charge >= 0.3 is 11.9 Å². The Balaban J connectivity index is 3.46. The molecule has 0 aliphatic carbocycles. The number of rotatable bonds is 62. The highest BCUT2D eigenvalue weighted by Gasteiger charge is 2.16. The molecule has 1 atom stereocenters. The molecule has 0 saturated heterocycles. The van der Waals surface area contributed by atoms with Crippen molar-refractivity contribution >= 4 is 11.9 Å². The molecule has 1 unspecified atom stereocenters. The van der Waals surface area contributed by atoms with Crippen molar-refractivity contribution in [1.29, 1.82) is 0 Å². The largest absolute Gasteiger partial charge is 0.462 e. The number of hydrogen-bond donors (Lipinski definition) is 1. The van der Waals surface area contributed by atoms with E-state index in [2.05, 4.69) is 98.9 Å². The molecule has 0 heterocycles. The van der Waals surface area contributed by atoms with Crippen LogP contribution >= 0.6 is 0 Å². The molecule has 0 radical (unpaired) electrons. The molecule has 0 spiro atoms. The summed E-state index contributed by atoms with van der Waals surface area (Å²) in [5.41, 5.74) is 0. The number of carbonyl (C=O) groups is 2. The fourth-order valence-electron chi connectivity index (χ4n) is 9.95. The predicted octanol–water partition coefficient (Wildman–Crippen LogP) is 23.3. The lowest BCUT2D eigenvalue weighted by molar-refractivity contribution is -0.161. The van der Waals surface area contributed by atoms with E-state index in [9.17, 15) is 14.7 Å². The van der Waals surface area contributed by atoms with E-state index in [4.69, 9.17) is 9.47 Å². The molecule has 5 heteroatoms. The lowest BCUT2D eigenvalue weighted by atomic mass is 10.0. The Kier molecular flexibility index (Phi) is 64.8. The van der Waals surface area contributed by atoms with Gasteiger partial charge in [0, 0.05) is 12.8 Å². The van der Waals surface area contributed by atoms with Crippen LogP contribution in [0.3, 0.4) is 0 Å². The molecule has 0 rings (SSSR count). The number of aliphatic hydroxyl groups excluding tert-OH is 1. The van der Waals surface area contributed by atoms with Crippen LogP contribution in [0.5, 0.6) is 0 Å². The van der Waals surface area contributed by atoms with Crippen LogP contribution in [0, 0.1) is 0 Å². The van der Waals surface area contributed by atoms with Crippen molar-refractivity contribution in [1.82, 2.24) is 0 Å². The van der Waals surface area contributed by atoms with Crippen molar-refractivity contribution < 1.29 is 24.2 Å². The van der Waals surface area contributed by atoms with E-state index in [0.717, 1.165) is 89.9 Å². The third-order valence-electron chi connectivity index (χ3n) is 15.0. The Bertz CT molecular complexity index is 1400. The van der Waals surface area contributed by atoms with Gasteiger partial charge < -0.3 is 14.6 Å². The molecule has 0 aliphatic heterocycles. The Morgan fingerprint density at radius 3 is 0.844 bits per heavy atom. The fraction of sp³-hybridized carbons (Fsp3) is 0.778. The molecule has 1 N–H and O–H groups in total. The highest BCUT2D eigenvalue weighted by molar-refractivity contribution is 5.70. The third-order valence-corrected chi connectivity index (χ3v) is 15.0. The number of esters is 2. The highest BCUT2D eigenvalue weighted by atomic mass is 16.6. The molecular weight excluding hydrogens is 945 g/mol. The minimum atomic E-state index is -0.780. The number of allylic oxidation sites excluding steroid dienone is 14. The zero-order valence-corrected chi connectivity index (χ0v) is 51.2. The second-order valence-corrected chi connectivity index (χ2v) is 22.5. The number of ether oxygens (including phenoxy) is 2. The summed E-state index contributed by atoms with van der Waals surface area (Å²) < 4.78 is 10.7. The van der Waals surface area contributed by atoms with Crippen molar-refractivity contribution in [3.8, 4) is 0 Å². The number of hydrogen-bond acceptors (Lipinski definition) is 5. The highest BCUT2D eigenvalue weighted by Crippen LogP contribution is 2.18. The lowest BCUT2D eigenvalue weighted by Gasteiger charge is -2.15. The molecule has 0 aromatic rings. The molecule has 0 aromatic carbocycles. The monoisotopic (exact) mass is 1070 g/mol. The van der Waals surface area contributed by atoms with Gasteiger partial charge in [0.15, 0.2) is 6.10 Å². The lowest BCUT2D eigenvalue weighted by Crippen LogP contribution is -2.28. The first kappa shape index (κ1) is 74.1. The van der Waals surface area contributed by atoms with Crippen LogP contribution in [-0.4, -0.2) is 36.4 Å². The minimum Gasteiger partial charge on any atom is -0.462 e. The summed E-state index contributed by atoms with van der Waals surface area (Å²) in [7, 11) is 0. The summed E-state index contributed by atoms with van der Waals surface area (Å²) in [4.78, 5) is 24.6. The first-order valence-electron chi connectivity index (χ1n) is 33.6. The van der Waals surface area contributed by atoms with E-state index in [0.29, 0.717) is 12.8 Å². The molecule has 446 valence electrons. The molecular formula is C72H128O5. The van der Waals surface area contributed by atoms with Crippen molar-refractivity contribution in [2.45, 2.75) is 347 Å². The average Bonchev–Trinajstić information content (AvgIpc) is 3.43. The summed E-state index contributed by atoms with van der Waals surface area (Å²) in [5, 5.41) is 9.69. The standard InChI is InChI=1S/C72H128O5/c1-3-5-7-9-11-13-15-17-19-21-23-25-27-29-31-33-35-37-38-40-42-44-46-48-50-52-54-56-58-60-62-64-66-71(74)76-69-70(68-73)77-72(75)67-65-63-61-59-57-55-53-51-49-47-45-43-41-39-36-34-32-30-28-26-24-22-20-18-16-14-12-10-8-6-4-2/h6,8,12,14,18,20,24,26,30,32,36,39,43,45,70,73H,3-5,7,9-11,13,15-17,19,21-23,25,27-29,31,33-35,37-38,40-42,44,46-69H2,1-2H3/b8-6-,14-12-,20-18-,26-24-,32-30-,39-36-,45-43-. The summed E-state index contributed by atoms with van der Waals surface area (Å²) >= 11 is 0. The minimum absolute atomic E-state index is 0.0681. The third kappa shape index (κ3) is 65.5. The molecule has 0 saturated carbocycles. The van der Waals surface area contributed by atoms with Gasteiger partial charge in [-0.25, -0.2) is 0 Å². The van der Waals surface area contributed by atoms with Gasteiger partial charge in [0.1, 0.15) is 6.61 Å². The van der Waals surface area contributed by atoms with Crippen LogP contribution in [0.4, 0.5) is 0 Å².